The van der Waals surface area contributed by atoms with Crippen molar-refractivity contribution in [1.82, 2.24) is 14.0 Å². The van der Waals surface area contributed by atoms with Crippen molar-refractivity contribution in [2.75, 3.05) is 19.6 Å². The predicted molar refractivity (Wildman–Crippen MR) is 154 cm³/mol. The number of nitrogens with one attached hydrogen (secondary N) is 1. The van der Waals surface area contributed by atoms with E-state index in [9.17, 15) is 9.90 Å². The summed E-state index contributed by atoms with van der Waals surface area (Å²) in [5.41, 5.74) is 3.67. The quantitative estimate of drug-likeness (QED) is 0.331. The molecule has 3 aromatic rings. The molecular weight excluding hydrogens is 516 g/mol. The molecule has 2 N–H and O–H groups in total. The SMILES string of the molecule is Br.CCN(CC)CCn1c(=N)n(CC(=O)c2cc(C(C)(C)C)c(O)c(C(C)(C)C)c2)c2ccccc21. The molecule has 0 amide bonds. The number of benzene rings is 2. The van der Waals surface area contributed by atoms with Gasteiger partial charge in [-0.1, -0.05) is 67.5 Å². The molecule has 0 saturated heterocycles. The average molecular weight is 560 g/mol. The summed E-state index contributed by atoms with van der Waals surface area (Å²) in [7, 11) is 0. The second-order valence-electron chi connectivity index (χ2n) is 11.4. The number of likely N-dealkylation sites (N-methyl/N-ethyl adjacent to an activating group) is 1. The van der Waals surface area contributed by atoms with Gasteiger partial charge in [-0.05, 0) is 48.2 Å². The Labute approximate surface area is 226 Å². The summed E-state index contributed by atoms with van der Waals surface area (Å²) in [4.78, 5) is 16.0. The summed E-state index contributed by atoms with van der Waals surface area (Å²) in [6, 6.07) is 11.6. The lowest BCUT2D eigenvalue weighted by molar-refractivity contribution is 0.0971. The Morgan fingerprint density at radius 3 is 1.83 bits per heavy atom. The van der Waals surface area contributed by atoms with Gasteiger partial charge in [0.2, 0.25) is 5.62 Å². The van der Waals surface area contributed by atoms with E-state index in [1.54, 1.807) is 4.57 Å². The highest BCUT2D eigenvalue weighted by molar-refractivity contribution is 8.93. The van der Waals surface area contributed by atoms with Crippen LogP contribution in [0.4, 0.5) is 0 Å². The normalized spacial score (nSPS) is 12.2. The van der Waals surface area contributed by atoms with Crippen LogP contribution in [0.2, 0.25) is 0 Å². The summed E-state index contributed by atoms with van der Waals surface area (Å²) in [5.74, 6) is 0.203. The van der Waals surface area contributed by atoms with E-state index >= 15 is 0 Å². The Balaban J connectivity index is 0.00000456. The van der Waals surface area contributed by atoms with Crippen LogP contribution in [0.25, 0.3) is 11.0 Å². The first-order valence-electron chi connectivity index (χ1n) is 12.7. The summed E-state index contributed by atoms with van der Waals surface area (Å²) in [5, 5.41) is 20.0. The smallest absolute Gasteiger partial charge is 0.203 e. The van der Waals surface area contributed by atoms with Gasteiger partial charge in [0.05, 0.1) is 17.6 Å². The number of imidazole rings is 1. The molecule has 0 atom stereocenters. The largest absolute Gasteiger partial charge is 0.507 e. The standard InChI is InChI=1S/C29H42N4O2.BrH/c1-9-31(10-2)15-16-32-23-13-11-12-14-24(23)33(27(32)30)19-25(34)20-17-21(28(3,4)5)26(35)22(18-20)29(6,7)8;/h11-14,17-18,30,35H,9-10,15-16,19H2,1-8H3;1H. The van der Waals surface area contributed by atoms with E-state index in [1.807, 2.05) is 82.5 Å². The number of nitrogens with zero attached hydrogens (tertiary/aromatic N) is 3. The molecule has 2 aromatic carbocycles. The van der Waals surface area contributed by atoms with Crippen LogP contribution in [-0.4, -0.2) is 44.6 Å². The second kappa shape index (κ2) is 11.3. The number of aromatic hydroxyl groups is 1. The van der Waals surface area contributed by atoms with Crippen molar-refractivity contribution >= 4 is 33.8 Å². The number of hydrogen-bond acceptors (Lipinski definition) is 4. The van der Waals surface area contributed by atoms with Crippen molar-refractivity contribution in [2.45, 2.75) is 79.3 Å². The van der Waals surface area contributed by atoms with Crippen LogP contribution in [0, 0.1) is 5.41 Å². The zero-order chi connectivity index (χ0) is 26.1. The van der Waals surface area contributed by atoms with E-state index in [0.717, 1.165) is 41.8 Å². The molecule has 0 unspecified atom stereocenters. The molecule has 6 nitrogen and oxygen atoms in total. The first kappa shape index (κ1) is 29.8. The van der Waals surface area contributed by atoms with Gasteiger partial charge < -0.3 is 19.1 Å². The molecule has 0 aliphatic heterocycles. The number of carbonyl (C=O) groups excluding carboxylic acids is 1. The summed E-state index contributed by atoms with van der Waals surface area (Å²) >= 11 is 0. The highest BCUT2D eigenvalue weighted by Gasteiger charge is 2.28. The number of hydrogen-bond donors (Lipinski definition) is 2. The van der Waals surface area contributed by atoms with Crippen LogP contribution in [0.3, 0.4) is 0 Å². The van der Waals surface area contributed by atoms with Crippen molar-refractivity contribution < 1.29 is 9.90 Å². The fraction of sp³-hybridized carbons (Fsp3) is 0.517. The van der Waals surface area contributed by atoms with E-state index in [0.29, 0.717) is 17.7 Å². The Kier molecular flexibility index (Phi) is 9.41. The van der Waals surface area contributed by atoms with Crippen molar-refractivity contribution in [3.63, 3.8) is 0 Å². The number of Topliss-reactive ketones (excluding diaryl/α,β-unsaturated/α-hetero) is 1. The number of aromatic nitrogens is 2. The Morgan fingerprint density at radius 2 is 1.39 bits per heavy atom. The number of fused-ring (bicyclic) bond motifs is 1. The van der Waals surface area contributed by atoms with E-state index in [2.05, 4.69) is 18.7 Å². The minimum Gasteiger partial charge on any atom is -0.507 e. The zero-order valence-corrected chi connectivity index (χ0v) is 24.8. The van der Waals surface area contributed by atoms with Crippen LogP contribution >= 0.6 is 17.0 Å². The molecule has 1 heterocycles. The van der Waals surface area contributed by atoms with Crippen molar-refractivity contribution in [3.8, 4) is 5.75 Å². The van der Waals surface area contributed by atoms with Crippen molar-refractivity contribution in [1.29, 1.82) is 5.41 Å². The number of phenols is 1. The van der Waals surface area contributed by atoms with Gasteiger partial charge in [-0.3, -0.25) is 10.2 Å². The third-order valence-corrected chi connectivity index (χ3v) is 6.86. The fourth-order valence-corrected chi connectivity index (χ4v) is 4.64. The highest BCUT2D eigenvalue weighted by atomic mass is 79.9. The predicted octanol–water partition coefficient (Wildman–Crippen LogP) is 6.03. The first-order valence-corrected chi connectivity index (χ1v) is 12.7. The summed E-state index contributed by atoms with van der Waals surface area (Å²) < 4.78 is 3.80. The van der Waals surface area contributed by atoms with E-state index < -0.39 is 0 Å². The van der Waals surface area contributed by atoms with Crippen molar-refractivity contribution in [2.24, 2.45) is 0 Å². The van der Waals surface area contributed by atoms with E-state index in [4.69, 9.17) is 5.41 Å². The molecular formula is C29H43BrN4O2. The second-order valence-corrected chi connectivity index (χ2v) is 11.4. The molecule has 0 spiro atoms. The topological polar surface area (TPSA) is 74.2 Å². The summed E-state index contributed by atoms with van der Waals surface area (Å²) in [6.07, 6.45) is 0. The maximum atomic E-state index is 13.6. The van der Waals surface area contributed by atoms with Gasteiger partial charge in [0.15, 0.2) is 5.78 Å². The maximum absolute atomic E-state index is 13.6. The van der Waals surface area contributed by atoms with Crippen LogP contribution < -0.4 is 5.62 Å². The third kappa shape index (κ3) is 6.12. The molecule has 198 valence electrons. The molecule has 3 rings (SSSR count). The lowest BCUT2D eigenvalue weighted by Gasteiger charge is -2.28. The van der Waals surface area contributed by atoms with E-state index in [1.165, 1.54) is 0 Å². The molecule has 7 heteroatoms. The fourth-order valence-electron chi connectivity index (χ4n) is 4.64. The molecule has 1 aromatic heterocycles. The van der Waals surface area contributed by atoms with Gasteiger partial charge in [0.25, 0.3) is 0 Å². The lowest BCUT2D eigenvalue weighted by atomic mass is 9.78. The number of carbonyl (C=O) groups is 1. The van der Waals surface area contributed by atoms with Gasteiger partial charge in [0.1, 0.15) is 5.75 Å². The molecule has 0 aliphatic rings. The van der Waals surface area contributed by atoms with Gasteiger partial charge >= 0.3 is 0 Å². The number of rotatable bonds is 8. The maximum Gasteiger partial charge on any atom is 0.203 e. The third-order valence-electron chi connectivity index (χ3n) is 6.86. The van der Waals surface area contributed by atoms with E-state index in [-0.39, 0.29) is 45.9 Å². The number of ketones is 1. The zero-order valence-electron chi connectivity index (χ0n) is 23.1. The van der Waals surface area contributed by atoms with Gasteiger partial charge in [-0.15, -0.1) is 17.0 Å². The summed E-state index contributed by atoms with van der Waals surface area (Å²) in [6.45, 7) is 20.1. The van der Waals surface area contributed by atoms with Crippen LogP contribution in [-0.2, 0) is 23.9 Å². The van der Waals surface area contributed by atoms with Crippen LogP contribution in [0.1, 0.15) is 76.9 Å². The van der Waals surface area contributed by atoms with Crippen LogP contribution in [0.5, 0.6) is 5.75 Å². The Hall–Kier alpha value is -2.38. The van der Waals surface area contributed by atoms with Gasteiger partial charge in [-0.2, -0.15) is 0 Å². The molecule has 0 radical (unpaired) electrons. The van der Waals surface area contributed by atoms with Gasteiger partial charge in [0, 0.05) is 29.8 Å². The Morgan fingerprint density at radius 1 is 0.917 bits per heavy atom. The average Bonchev–Trinajstić information content (AvgIpc) is 3.04. The molecule has 0 saturated carbocycles. The minimum atomic E-state index is -0.311. The van der Waals surface area contributed by atoms with Crippen molar-refractivity contribution in [3.05, 3.63) is 58.7 Å². The lowest BCUT2D eigenvalue weighted by Crippen LogP contribution is -2.32. The molecule has 0 aliphatic carbocycles. The Bertz CT molecular complexity index is 1240. The minimum absolute atomic E-state index is 0. The number of para-hydroxylation sites is 2. The first-order chi connectivity index (χ1) is 16.3. The number of halogens is 1. The molecule has 36 heavy (non-hydrogen) atoms. The monoisotopic (exact) mass is 558 g/mol. The van der Waals surface area contributed by atoms with Gasteiger partial charge in [-0.25, -0.2) is 0 Å². The highest BCUT2D eigenvalue weighted by Crippen LogP contribution is 2.40. The number of phenolic OH excluding ortho intramolecular Hbond substituents is 1. The molecule has 0 fully saturated rings. The molecule has 0 bridgehead atoms. The van der Waals surface area contributed by atoms with Crippen LogP contribution in [0.15, 0.2) is 36.4 Å².